The zero-order chi connectivity index (χ0) is 19.4. The Labute approximate surface area is 185 Å². The molecule has 0 aromatic carbocycles. The van der Waals surface area contributed by atoms with Gasteiger partial charge < -0.3 is 19.7 Å². The quantitative estimate of drug-likeness (QED) is 0.386. The third-order valence-electron chi connectivity index (χ3n) is 5.63. The lowest BCUT2D eigenvalue weighted by Crippen LogP contribution is -2.55. The number of halogens is 1. The molecule has 3 rings (SSSR count). The zero-order valence-electron chi connectivity index (χ0n) is 17.5. The van der Waals surface area contributed by atoms with Crippen LogP contribution in [0, 0.1) is 12.8 Å². The third-order valence-corrected chi connectivity index (χ3v) is 5.63. The highest BCUT2D eigenvalue weighted by atomic mass is 127. The van der Waals surface area contributed by atoms with Crippen LogP contribution in [0.5, 0.6) is 0 Å². The average Bonchev–Trinajstić information content (AvgIpc) is 3.29. The van der Waals surface area contributed by atoms with E-state index < -0.39 is 0 Å². The summed E-state index contributed by atoms with van der Waals surface area (Å²) in [6.45, 7) is 9.53. The van der Waals surface area contributed by atoms with E-state index in [1.807, 2.05) is 37.3 Å². The summed E-state index contributed by atoms with van der Waals surface area (Å²) in [5, 5.41) is 12.0. The Morgan fingerprint density at radius 2 is 1.75 bits per heavy atom. The summed E-state index contributed by atoms with van der Waals surface area (Å²) >= 11 is 0. The topological polar surface area (TPSA) is 78.7 Å². The van der Waals surface area contributed by atoms with E-state index in [0.717, 1.165) is 43.8 Å². The predicted octanol–water partition coefficient (Wildman–Crippen LogP) is 1.93. The van der Waals surface area contributed by atoms with Crippen molar-refractivity contribution < 1.29 is 4.79 Å². The lowest BCUT2D eigenvalue weighted by atomic mass is 10.1. The molecule has 1 amide bonds. The third kappa shape index (κ3) is 5.57. The van der Waals surface area contributed by atoms with E-state index >= 15 is 0 Å². The molecular formula is C19H34IN7O. The number of nitrogens with zero attached hydrogens (tertiary/aromatic N) is 6. The number of piperazine rings is 1. The number of aromatic nitrogens is 3. The van der Waals surface area contributed by atoms with Crippen molar-refractivity contribution in [2.45, 2.75) is 59.0 Å². The van der Waals surface area contributed by atoms with E-state index in [-0.39, 0.29) is 35.8 Å². The second-order valence-electron chi connectivity index (χ2n) is 7.96. The molecule has 1 saturated heterocycles. The van der Waals surface area contributed by atoms with Gasteiger partial charge in [0.25, 0.3) is 0 Å². The Kier molecular flexibility index (Phi) is 8.51. The van der Waals surface area contributed by atoms with Crippen LogP contribution in [0.1, 0.15) is 51.2 Å². The lowest BCUT2D eigenvalue weighted by Gasteiger charge is -2.38. The number of guanidine groups is 1. The van der Waals surface area contributed by atoms with Crippen molar-refractivity contribution >= 4 is 35.8 Å². The molecular weight excluding hydrogens is 469 g/mol. The molecule has 0 spiro atoms. The number of carbonyl (C=O) groups is 1. The van der Waals surface area contributed by atoms with Crippen LogP contribution in [-0.2, 0) is 18.4 Å². The van der Waals surface area contributed by atoms with Crippen molar-refractivity contribution in [1.29, 1.82) is 0 Å². The molecule has 1 N–H and O–H groups in total. The fourth-order valence-electron chi connectivity index (χ4n) is 3.73. The molecule has 158 valence electrons. The van der Waals surface area contributed by atoms with Crippen LogP contribution in [0.2, 0.25) is 0 Å². The Hall–Kier alpha value is -1.39. The van der Waals surface area contributed by atoms with Crippen LogP contribution in [0.4, 0.5) is 0 Å². The molecule has 0 unspecified atom stereocenters. The van der Waals surface area contributed by atoms with E-state index in [2.05, 4.69) is 20.4 Å². The van der Waals surface area contributed by atoms with Gasteiger partial charge in [-0.3, -0.25) is 4.79 Å². The van der Waals surface area contributed by atoms with Crippen LogP contribution in [0.3, 0.4) is 0 Å². The van der Waals surface area contributed by atoms with Gasteiger partial charge in [0.2, 0.25) is 5.91 Å². The summed E-state index contributed by atoms with van der Waals surface area (Å²) in [7, 11) is 1.97. The predicted molar refractivity (Wildman–Crippen MR) is 121 cm³/mol. The number of aryl methyl sites for hydroxylation is 1. The van der Waals surface area contributed by atoms with Crippen LogP contribution >= 0.6 is 24.0 Å². The van der Waals surface area contributed by atoms with Crippen LogP contribution < -0.4 is 5.32 Å². The number of nitrogens with one attached hydrogen (secondary N) is 1. The van der Waals surface area contributed by atoms with E-state index in [9.17, 15) is 4.79 Å². The van der Waals surface area contributed by atoms with E-state index in [1.165, 1.54) is 25.7 Å². The number of amides is 1. The molecule has 0 atom stereocenters. The van der Waals surface area contributed by atoms with Gasteiger partial charge in [0, 0.05) is 45.2 Å². The smallest absolute Gasteiger partial charge is 0.225 e. The summed E-state index contributed by atoms with van der Waals surface area (Å²) in [6.07, 6.45) is 4.97. The molecule has 1 aromatic rings. The number of rotatable bonds is 4. The van der Waals surface area contributed by atoms with Crippen molar-refractivity contribution in [2.24, 2.45) is 18.0 Å². The van der Waals surface area contributed by atoms with Crippen molar-refractivity contribution in [3.63, 3.8) is 0 Å². The second-order valence-corrected chi connectivity index (χ2v) is 7.96. The van der Waals surface area contributed by atoms with Gasteiger partial charge >= 0.3 is 0 Å². The maximum Gasteiger partial charge on any atom is 0.225 e. The Morgan fingerprint density at radius 3 is 2.29 bits per heavy atom. The standard InChI is InChI=1S/C19H33N7O.HI/c1-14(2)18(27)25-9-11-26(12-10-25)19(21-16-7-5-6-8-16)20-13-17-23-22-15(3)24(17)4;/h14,16H,5-13H2,1-4H3,(H,20,21);1H. The summed E-state index contributed by atoms with van der Waals surface area (Å²) in [5.74, 6) is 3.00. The normalized spacial score (nSPS) is 18.5. The van der Waals surface area contributed by atoms with Crippen LogP contribution in [0.15, 0.2) is 4.99 Å². The largest absolute Gasteiger partial charge is 0.353 e. The maximum absolute atomic E-state index is 12.2. The molecule has 0 bridgehead atoms. The summed E-state index contributed by atoms with van der Waals surface area (Å²) < 4.78 is 1.98. The van der Waals surface area contributed by atoms with Gasteiger partial charge in [0.15, 0.2) is 11.8 Å². The molecule has 9 heteroatoms. The summed E-state index contributed by atoms with van der Waals surface area (Å²) in [4.78, 5) is 21.4. The Bertz CT molecular complexity index is 674. The molecule has 0 radical (unpaired) electrons. The maximum atomic E-state index is 12.2. The molecule has 28 heavy (non-hydrogen) atoms. The average molecular weight is 503 g/mol. The minimum absolute atomic E-state index is 0. The van der Waals surface area contributed by atoms with E-state index in [1.54, 1.807) is 0 Å². The number of hydrogen-bond acceptors (Lipinski definition) is 4. The molecule has 8 nitrogen and oxygen atoms in total. The molecule has 1 saturated carbocycles. The monoisotopic (exact) mass is 503 g/mol. The molecule has 2 fully saturated rings. The Morgan fingerprint density at radius 1 is 1.14 bits per heavy atom. The molecule has 1 aliphatic carbocycles. The van der Waals surface area contributed by atoms with Gasteiger partial charge in [-0.1, -0.05) is 26.7 Å². The van der Waals surface area contributed by atoms with Crippen molar-refractivity contribution in [2.75, 3.05) is 26.2 Å². The van der Waals surface area contributed by atoms with Crippen LogP contribution in [0.25, 0.3) is 0 Å². The summed E-state index contributed by atoms with van der Waals surface area (Å²) in [5.41, 5.74) is 0. The minimum Gasteiger partial charge on any atom is -0.353 e. The second kappa shape index (κ2) is 10.4. The fourth-order valence-corrected chi connectivity index (χ4v) is 3.73. The number of aliphatic imine (C=N–C) groups is 1. The van der Waals surface area contributed by atoms with Crippen molar-refractivity contribution in [1.82, 2.24) is 29.9 Å². The highest BCUT2D eigenvalue weighted by Crippen LogP contribution is 2.18. The van der Waals surface area contributed by atoms with Gasteiger partial charge in [-0.25, -0.2) is 4.99 Å². The minimum atomic E-state index is 0. The molecule has 1 aliphatic heterocycles. The van der Waals surface area contributed by atoms with Gasteiger partial charge in [-0.2, -0.15) is 0 Å². The first-order chi connectivity index (χ1) is 13.0. The highest BCUT2D eigenvalue weighted by molar-refractivity contribution is 14.0. The van der Waals surface area contributed by atoms with E-state index in [4.69, 9.17) is 4.99 Å². The number of hydrogen-bond donors (Lipinski definition) is 1. The fraction of sp³-hybridized carbons (Fsp3) is 0.789. The van der Waals surface area contributed by atoms with Crippen molar-refractivity contribution in [3.05, 3.63) is 11.6 Å². The Balaban J connectivity index is 0.00000280. The number of carbonyl (C=O) groups excluding carboxylic acids is 1. The highest BCUT2D eigenvalue weighted by Gasteiger charge is 2.26. The van der Waals surface area contributed by atoms with Gasteiger partial charge in [-0.15, -0.1) is 34.2 Å². The molecule has 1 aromatic heterocycles. The molecule has 2 heterocycles. The van der Waals surface area contributed by atoms with Gasteiger partial charge in [0.1, 0.15) is 12.4 Å². The van der Waals surface area contributed by atoms with Gasteiger partial charge in [-0.05, 0) is 19.8 Å². The summed E-state index contributed by atoms with van der Waals surface area (Å²) in [6, 6.07) is 0.500. The first-order valence-corrected chi connectivity index (χ1v) is 10.1. The van der Waals surface area contributed by atoms with Crippen LogP contribution in [-0.4, -0.2) is 68.7 Å². The molecule has 2 aliphatic rings. The van der Waals surface area contributed by atoms with E-state index in [0.29, 0.717) is 12.6 Å². The first kappa shape index (κ1) is 22.9. The first-order valence-electron chi connectivity index (χ1n) is 10.1. The van der Waals surface area contributed by atoms with Crippen molar-refractivity contribution in [3.8, 4) is 0 Å². The SMILES string of the molecule is Cc1nnc(CN=C(NC2CCCC2)N2CCN(C(=O)C(C)C)CC2)n1C.I. The lowest BCUT2D eigenvalue weighted by molar-refractivity contribution is -0.135. The van der Waals surface area contributed by atoms with Gasteiger partial charge in [0.05, 0.1) is 0 Å². The zero-order valence-corrected chi connectivity index (χ0v) is 19.8.